The van der Waals surface area contributed by atoms with Gasteiger partial charge in [0.1, 0.15) is 0 Å². The van der Waals surface area contributed by atoms with Crippen LogP contribution >= 0.6 is 0 Å². The summed E-state index contributed by atoms with van der Waals surface area (Å²) in [5.74, 6) is 2.03. The van der Waals surface area contributed by atoms with Crippen molar-refractivity contribution >= 4 is 0 Å². The van der Waals surface area contributed by atoms with Crippen molar-refractivity contribution in [2.24, 2.45) is 35.0 Å². The summed E-state index contributed by atoms with van der Waals surface area (Å²) in [6.07, 6.45) is 0. The van der Waals surface area contributed by atoms with E-state index < -0.39 is 0 Å². The second-order valence-corrected chi connectivity index (χ2v) is 7.68. The molecule has 3 heterocycles. The van der Waals surface area contributed by atoms with Crippen LogP contribution in [-0.2, 0) is 0 Å². The van der Waals surface area contributed by atoms with Gasteiger partial charge < -0.3 is 0 Å². The van der Waals surface area contributed by atoms with E-state index in [1.807, 2.05) is 18.2 Å². The molecule has 2 aliphatic heterocycles. The maximum atomic E-state index is 12.9. The van der Waals surface area contributed by atoms with Crippen LogP contribution < -0.4 is 11.4 Å². The zero-order chi connectivity index (χ0) is 15.2. The highest BCUT2D eigenvalue weighted by Crippen LogP contribution is 2.97. The van der Waals surface area contributed by atoms with Crippen LogP contribution in [-0.4, -0.2) is 13.9 Å². The number of rotatable bonds is 1. The lowest BCUT2D eigenvalue weighted by Crippen LogP contribution is -2.96. The molecule has 0 spiro atoms. The first-order valence-corrected chi connectivity index (χ1v) is 8.16. The maximum Gasteiger partial charge on any atom is 0.352 e. The van der Waals surface area contributed by atoms with Gasteiger partial charge >= 0.3 is 11.4 Å². The van der Waals surface area contributed by atoms with E-state index in [9.17, 15) is 14.9 Å². The van der Waals surface area contributed by atoms with Crippen molar-refractivity contribution in [2.45, 2.75) is 12.1 Å². The van der Waals surface area contributed by atoms with Crippen LogP contribution in [0.4, 0.5) is 0 Å². The molecule has 1 aromatic heterocycles. The molecule has 6 nitrogen and oxygen atoms in total. The van der Waals surface area contributed by atoms with Crippen LogP contribution in [0.25, 0.3) is 5.69 Å². The third kappa shape index (κ3) is 0.724. The van der Waals surface area contributed by atoms with Crippen LogP contribution in [0.5, 0.6) is 0 Å². The van der Waals surface area contributed by atoms with Gasteiger partial charge in [0.05, 0.1) is 29.3 Å². The van der Waals surface area contributed by atoms with Crippen LogP contribution in [0.3, 0.4) is 0 Å². The Kier molecular flexibility index (Phi) is 1.36. The predicted molar refractivity (Wildman–Crippen MR) is 77.9 cm³/mol. The lowest BCUT2D eigenvalue weighted by molar-refractivity contribution is -0.486. The molecule has 2 bridgehead atoms. The minimum atomic E-state index is -0.241. The molecule has 8 atom stereocenters. The molecule has 0 radical (unpaired) electrons. The van der Waals surface area contributed by atoms with Crippen molar-refractivity contribution in [1.82, 2.24) is 13.9 Å². The Labute approximate surface area is 130 Å². The van der Waals surface area contributed by atoms with E-state index in [0.717, 1.165) is 0 Å². The van der Waals surface area contributed by atoms with E-state index in [2.05, 4.69) is 6.07 Å². The highest BCUT2D eigenvalue weighted by Gasteiger charge is 2.98. The highest BCUT2D eigenvalue weighted by molar-refractivity contribution is 5.48. The number of aromatic nitrogens is 3. The average molecular weight is 304 g/mol. The first kappa shape index (κ1) is 11.1. The average Bonchev–Trinajstić information content (AvgIpc) is 2.80. The number of para-hydroxylation sites is 1. The lowest BCUT2D eigenvalue weighted by Gasteiger charge is -2.94. The quantitative estimate of drug-likeness (QED) is 0.772. The Hall–Kier alpha value is -2.55. The van der Waals surface area contributed by atoms with Crippen LogP contribution in [0.15, 0.2) is 39.9 Å². The smallest absolute Gasteiger partial charge is 0.245 e. The molecule has 6 heteroatoms. The predicted octanol–water partition coefficient (Wildman–Crippen LogP) is 0.542. The lowest BCUT2D eigenvalue weighted by atomic mass is 9.10. The summed E-state index contributed by atoms with van der Waals surface area (Å²) in [7, 11) is 0. The van der Waals surface area contributed by atoms with Gasteiger partial charge in [-0.1, -0.05) is 18.2 Å². The Morgan fingerprint density at radius 3 is 2.13 bits per heavy atom. The van der Waals surface area contributed by atoms with Crippen molar-refractivity contribution < 1.29 is 0 Å². The Morgan fingerprint density at radius 2 is 1.52 bits per heavy atom. The minimum absolute atomic E-state index is 0.0739. The molecule has 4 unspecified atom stereocenters. The first-order valence-electron chi connectivity index (χ1n) is 8.16. The van der Waals surface area contributed by atoms with Gasteiger partial charge in [-0.15, -0.1) is 0 Å². The molecule has 2 aromatic rings. The van der Waals surface area contributed by atoms with Crippen molar-refractivity contribution in [3.05, 3.63) is 51.3 Å². The number of nitriles is 1. The molecular weight excluding hydrogens is 292 g/mol. The molecule has 112 valence electrons. The SMILES string of the molecule is N#CC12C3[C@H]4C5[C@@H]3[C@@H]1C([C@H]42)n1c(=O)n(-c2ccccc2)c(=O)n15. The molecule has 23 heavy (non-hydrogen) atoms. The summed E-state index contributed by atoms with van der Waals surface area (Å²) in [4.78, 5) is 25.8. The Bertz CT molecular complexity index is 1060. The van der Waals surface area contributed by atoms with Crippen molar-refractivity contribution in [3.63, 3.8) is 0 Å². The number of hydrogen-bond acceptors (Lipinski definition) is 3. The van der Waals surface area contributed by atoms with Crippen LogP contribution in [0, 0.1) is 46.3 Å². The van der Waals surface area contributed by atoms with Crippen LogP contribution in [0.2, 0.25) is 0 Å². The van der Waals surface area contributed by atoms with Gasteiger partial charge in [0.15, 0.2) is 0 Å². The summed E-state index contributed by atoms with van der Waals surface area (Å²) in [5.41, 5.74) is 0.0235. The summed E-state index contributed by atoms with van der Waals surface area (Å²) in [6, 6.07) is 11.9. The molecule has 1 aromatic carbocycles. The monoisotopic (exact) mass is 304 g/mol. The molecule has 0 amide bonds. The summed E-state index contributed by atoms with van der Waals surface area (Å²) in [6.45, 7) is 0. The third-order valence-corrected chi connectivity index (χ3v) is 7.62. The first-order chi connectivity index (χ1) is 11.2. The van der Waals surface area contributed by atoms with Crippen molar-refractivity contribution in [2.75, 3.05) is 0 Å². The van der Waals surface area contributed by atoms with E-state index in [-0.39, 0.29) is 28.9 Å². The highest BCUT2D eigenvalue weighted by atomic mass is 16.2. The largest absolute Gasteiger partial charge is 0.352 e. The van der Waals surface area contributed by atoms with Gasteiger partial charge in [-0.05, 0) is 29.9 Å². The third-order valence-electron chi connectivity index (χ3n) is 7.62. The molecule has 0 saturated heterocycles. The topological polar surface area (TPSA) is 72.7 Å². The van der Waals surface area contributed by atoms with Gasteiger partial charge in [0, 0.05) is 11.8 Å². The second kappa shape index (κ2) is 2.82. The van der Waals surface area contributed by atoms with Crippen molar-refractivity contribution in [3.8, 4) is 11.8 Å². The summed E-state index contributed by atoms with van der Waals surface area (Å²) < 4.78 is 4.70. The van der Waals surface area contributed by atoms with Crippen molar-refractivity contribution in [1.29, 1.82) is 5.26 Å². The minimum Gasteiger partial charge on any atom is -0.245 e. The second-order valence-electron chi connectivity index (χ2n) is 7.68. The molecule has 8 rings (SSSR count). The van der Waals surface area contributed by atoms with E-state index in [1.165, 1.54) is 4.57 Å². The molecule has 4 aliphatic carbocycles. The Balaban J connectivity index is 1.53. The van der Waals surface area contributed by atoms with Crippen LogP contribution in [0.1, 0.15) is 12.1 Å². The van der Waals surface area contributed by atoms with E-state index in [4.69, 9.17) is 0 Å². The van der Waals surface area contributed by atoms with E-state index in [1.54, 1.807) is 21.5 Å². The zero-order valence-corrected chi connectivity index (χ0v) is 12.0. The summed E-state index contributed by atoms with van der Waals surface area (Å²) in [5, 5.41) is 9.58. The fraction of sp³-hybridized carbons (Fsp3) is 0.471. The fourth-order valence-electron chi connectivity index (χ4n) is 7.16. The maximum absolute atomic E-state index is 12.9. The number of hydrogen-bond donors (Lipinski definition) is 0. The summed E-state index contributed by atoms with van der Waals surface area (Å²) >= 11 is 0. The van der Waals surface area contributed by atoms with E-state index in [0.29, 0.717) is 35.3 Å². The van der Waals surface area contributed by atoms with Gasteiger partial charge in [0.25, 0.3) is 0 Å². The Morgan fingerprint density at radius 1 is 0.913 bits per heavy atom. The van der Waals surface area contributed by atoms with Gasteiger partial charge in [-0.2, -0.15) is 5.26 Å². The van der Waals surface area contributed by atoms with E-state index >= 15 is 0 Å². The fourth-order valence-corrected chi connectivity index (χ4v) is 7.16. The zero-order valence-electron chi connectivity index (χ0n) is 12.0. The molecule has 4 saturated carbocycles. The van der Waals surface area contributed by atoms with Gasteiger partial charge in [0.2, 0.25) is 0 Å². The standard InChI is InChI=1S/C17H12N4O2/c18-6-17-10-8-11(17)14-12(17)9(10)13(8)20-15(22)19(16(23)21(14)20)7-4-2-1-3-5-7/h1-5,8-14H/t8-,9+,10?,11+,12-,13?,14?,17?. The van der Waals surface area contributed by atoms with Gasteiger partial charge in [-0.25, -0.2) is 23.5 Å². The molecular formula is C17H12N4O2. The molecule has 6 aliphatic rings. The number of benzene rings is 1. The molecule has 0 N–H and O–H groups in total. The normalized spacial score (nSPS) is 48.0. The molecule has 4 fully saturated rings. The van der Waals surface area contributed by atoms with Gasteiger partial charge in [-0.3, -0.25) is 0 Å². The number of nitrogens with zero attached hydrogens (tertiary/aromatic N) is 4.